The maximum absolute atomic E-state index is 4.74. The van der Waals surface area contributed by atoms with Gasteiger partial charge in [-0.3, -0.25) is 4.40 Å². The van der Waals surface area contributed by atoms with Gasteiger partial charge in [-0.1, -0.05) is 30.3 Å². The van der Waals surface area contributed by atoms with Gasteiger partial charge in [-0.05, 0) is 54.3 Å². The highest BCUT2D eigenvalue weighted by molar-refractivity contribution is 5.68. The Morgan fingerprint density at radius 2 is 1.64 bits per heavy atom. The van der Waals surface area contributed by atoms with Gasteiger partial charge in [-0.25, -0.2) is 19.9 Å². The average Bonchev–Trinajstić information content (AvgIpc) is 3.55. The van der Waals surface area contributed by atoms with Crippen molar-refractivity contribution in [2.24, 2.45) is 0 Å². The summed E-state index contributed by atoms with van der Waals surface area (Å²) < 4.78 is 2.07. The van der Waals surface area contributed by atoms with Gasteiger partial charge in [-0.15, -0.1) is 0 Å². The standard InChI is InChI=1S/C26H23N7/c1-2-6-19(7-3-1)20-8-10-25-29-17-23(33(25)18-20)22-12-13-27-26(31-22)30-21-9-11-24(28-16-21)32-14-4-5-15-32/h1-3,6-13,16-18H,4-5,14-15H2,(H,27,30,31). The van der Waals surface area contributed by atoms with Crippen LogP contribution in [0, 0.1) is 0 Å². The molecular formula is C26H23N7. The predicted molar refractivity (Wildman–Crippen MR) is 131 cm³/mol. The molecule has 0 amide bonds. The molecule has 1 saturated heterocycles. The second kappa shape index (κ2) is 8.35. The summed E-state index contributed by atoms with van der Waals surface area (Å²) in [7, 11) is 0. The van der Waals surface area contributed by atoms with Gasteiger partial charge >= 0.3 is 0 Å². The molecule has 1 aliphatic rings. The highest BCUT2D eigenvalue weighted by Gasteiger charge is 2.14. The number of rotatable bonds is 5. The second-order valence-electron chi connectivity index (χ2n) is 8.15. The third kappa shape index (κ3) is 3.89. The minimum absolute atomic E-state index is 0.525. The van der Waals surface area contributed by atoms with Gasteiger partial charge in [0.25, 0.3) is 0 Å². The fraction of sp³-hybridized carbons (Fsp3) is 0.154. The summed E-state index contributed by atoms with van der Waals surface area (Å²) in [6.45, 7) is 2.16. The minimum Gasteiger partial charge on any atom is -0.357 e. The molecule has 1 fully saturated rings. The van der Waals surface area contributed by atoms with Crippen molar-refractivity contribution in [3.63, 3.8) is 0 Å². The van der Waals surface area contributed by atoms with Crippen LogP contribution >= 0.6 is 0 Å². The summed E-state index contributed by atoms with van der Waals surface area (Å²) in [5.41, 5.74) is 5.73. The van der Waals surface area contributed by atoms with E-state index in [9.17, 15) is 0 Å². The van der Waals surface area contributed by atoms with Gasteiger partial charge in [0.05, 0.1) is 29.5 Å². The van der Waals surface area contributed by atoms with E-state index in [0.29, 0.717) is 5.95 Å². The molecule has 0 saturated carbocycles. The maximum Gasteiger partial charge on any atom is 0.227 e. The van der Waals surface area contributed by atoms with Crippen molar-refractivity contribution in [1.82, 2.24) is 24.3 Å². The van der Waals surface area contributed by atoms with E-state index >= 15 is 0 Å². The lowest BCUT2D eigenvalue weighted by molar-refractivity contribution is 0.938. The Balaban J connectivity index is 1.28. The van der Waals surface area contributed by atoms with Gasteiger partial charge < -0.3 is 10.2 Å². The van der Waals surface area contributed by atoms with E-state index in [4.69, 9.17) is 4.98 Å². The Kier molecular flexibility index (Phi) is 4.92. The first kappa shape index (κ1) is 19.4. The van der Waals surface area contributed by atoms with E-state index < -0.39 is 0 Å². The Labute approximate surface area is 191 Å². The number of anilines is 3. The topological polar surface area (TPSA) is 71.2 Å². The number of nitrogens with zero attached hydrogens (tertiary/aromatic N) is 6. The van der Waals surface area contributed by atoms with Crippen LogP contribution in [0.25, 0.3) is 28.2 Å². The Bertz CT molecular complexity index is 1390. The number of nitrogens with one attached hydrogen (secondary N) is 1. The summed E-state index contributed by atoms with van der Waals surface area (Å²) >= 11 is 0. The number of pyridine rings is 2. The molecule has 0 aliphatic carbocycles. The van der Waals surface area contributed by atoms with E-state index in [1.165, 1.54) is 12.8 Å². The smallest absolute Gasteiger partial charge is 0.227 e. The lowest BCUT2D eigenvalue weighted by Gasteiger charge is -2.16. The van der Waals surface area contributed by atoms with Crippen molar-refractivity contribution in [3.8, 4) is 22.5 Å². The number of benzene rings is 1. The van der Waals surface area contributed by atoms with E-state index in [-0.39, 0.29) is 0 Å². The lowest BCUT2D eigenvalue weighted by Crippen LogP contribution is -2.18. The summed E-state index contributed by atoms with van der Waals surface area (Å²) in [6.07, 6.45) is 10.0. The third-order valence-electron chi connectivity index (χ3n) is 5.96. The van der Waals surface area contributed by atoms with E-state index in [2.05, 4.69) is 54.0 Å². The first-order valence-corrected chi connectivity index (χ1v) is 11.2. The summed E-state index contributed by atoms with van der Waals surface area (Å²) in [5.74, 6) is 1.55. The quantitative estimate of drug-likeness (QED) is 0.411. The molecule has 162 valence electrons. The van der Waals surface area contributed by atoms with Gasteiger partial charge in [0.2, 0.25) is 5.95 Å². The highest BCUT2D eigenvalue weighted by Crippen LogP contribution is 2.25. The number of imidazole rings is 1. The van der Waals surface area contributed by atoms with Gasteiger partial charge in [0, 0.05) is 25.5 Å². The monoisotopic (exact) mass is 433 g/mol. The largest absolute Gasteiger partial charge is 0.357 e. The first-order valence-electron chi connectivity index (χ1n) is 11.2. The molecule has 0 unspecified atom stereocenters. The lowest BCUT2D eigenvalue weighted by atomic mass is 10.1. The maximum atomic E-state index is 4.74. The first-order chi connectivity index (χ1) is 16.3. The fourth-order valence-electron chi connectivity index (χ4n) is 4.26. The molecule has 7 heteroatoms. The number of aromatic nitrogens is 5. The normalized spacial score (nSPS) is 13.5. The molecule has 0 spiro atoms. The van der Waals surface area contributed by atoms with Crippen LogP contribution in [-0.2, 0) is 0 Å². The highest BCUT2D eigenvalue weighted by atomic mass is 15.2. The zero-order chi connectivity index (χ0) is 22.0. The second-order valence-corrected chi connectivity index (χ2v) is 8.15. The summed E-state index contributed by atoms with van der Waals surface area (Å²) in [5, 5.41) is 3.28. The van der Waals surface area contributed by atoms with Crippen molar-refractivity contribution in [2.45, 2.75) is 12.8 Å². The molecule has 4 aromatic heterocycles. The molecular weight excluding hydrogens is 410 g/mol. The van der Waals surface area contributed by atoms with Crippen LogP contribution in [0.5, 0.6) is 0 Å². The van der Waals surface area contributed by atoms with Gasteiger partial charge in [0.15, 0.2) is 0 Å². The van der Waals surface area contributed by atoms with Crippen LogP contribution in [0.1, 0.15) is 12.8 Å². The molecule has 0 radical (unpaired) electrons. The number of fused-ring (bicyclic) bond motifs is 1. The van der Waals surface area contributed by atoms with Crippen molar-refractivity contribution in [3.05, 3.63) is 85.5 Å². The molecule has 33 heavy (non-hydrogen) atoms. The Morgan fingerprint density at radius 1 is 0.758 bits per heavy atom. The van der Waals surface area contributed by atoms with Crippen LogP contribution < -0.4 is 10.2 Å². The van der Waals surface area contributed by atoms with Gasteiger partial charge in [0.1, 0.15) is 11.5 Å². The summed E-state index contributed by atoms with van der Waals surface area (Å²) in [4.78, 5) is 20.6. The van der Waals surface area contributed by atoms with E-state index in [1.807, 2.05) is 54.9 Å². The SMILES string of the molecule is c1ccc(-c2ccc3ncc(-c4ccnc(Nc5ccc(N6CCCC6)nc5)n4)n3c2)cc1. The van der Waals surface area contributed by atoms with Crippen molar-refractivity contribution < 1.29 is 0 Å². The molecule has 1 aromatic carbocycles. The van der Waals surface area contributed by atoms with Crippen molar-refractivity contribution in [1.29, 1.82) is 0 Å². The fourth-order valence-corrected chi connectivity index (χ4v) is 4.26. The van der Waals surface area contributed by atoms with E-state index in [1.54, 1.807) is 6.20 Å². The van der Waals surface area contributed by atoms with Crippen LogP contribution in [0.15, 0.2) is 85.5 Å². The molecule has 5 heterocycles. The molecule has 1 N–H and O–H groups in total. The molecule has 0 bridgehead atoms. The van der Waals surface area contributed by atoms with Crippen LogP contribution in [0.3, 0.4) is 0 Å². The Morgan fingerprint density at radius 3 is 2.45 bits per heavy atom. The van der Waals surface area contributed by atoms with Gasteiger partial charge in [-0.2, -0.15) is 0 Å². The van der Waals surface area contributed by atoms with Crippen molar-refractivity contribution >= 4 is 23.1 Å². The molecule has 5 aromatic rings. The van der Waals surface area contributed by atoms with Crippen LogP contribution in [0.2, 0.25) is 0 Å². The van der Waals surface area contributed by atoms with Crippen LogP contribution in [-0.4, -0.2) is 37.4 Å². The zero-order valence-corrected chi connectivity index (χ0v) is 18.1. The molecule has 0 atom stereocenters. The Hall–Kier alpha value is -4.26. The third-order valence-corrected chi connectivity index (χ3v) is 5.96. The minimum atomic E-state index is 0.525. The number of hydrogen-bond donors (Lipinski definition) is 1. The molecule has 6 rings (SSSR count). The zero-order valence-electron chi connectivity index (χ0n) is 18.1. The number of hydrogen-bond acceptors (Lipinski definition) is 6. The van der Waals surface area contributed by atoms with E-state index in [0.717, 1.165) is 52.8 Å². The molecule has 1 aliphatic heterocycles. The molecule has 7 nitrogen and oxygen atoms in total. The van der Waals surface area contributed by atoms with Crippen LogP contribution in [0.4, 0.5) is 17.5 Å². The van der Waals surface area contributed by atoms with Crippen molar-refractivity contribution in [2.75, 3.05) is 23.3 Å². The predicted octanol–water partition coefficient (Wildman–Crippen LogP) is 5.20. The summed E-state index contributed by atoms with van der Waals surface area (Å²) in [6, 6.07) is 20.4. The average molecular weight is 434 g/mol.